The van der Waals surface area contributed by atoms with Crippen LogP contribution in [0, 0.1) is 13.8 Å². The molecule has 0 bridgehead atoms. The van der Waals surface area contributed by atoms with Crippen LogP contribution in [-0.2, 0) is 14.8 Å². The van der Waals surface area contributed by atoms with E-state index in [-0.39, 0.29) is 15.6 Å². The zero-order valence-electron chi connectivity index (χ0n) is 17.7. The van der Waals surface area contributed by atoms with Crippen molar-refractivity contribution in [2.75, 3.05) is 23.3 Å². The Labute approximate surface area is 197 Å². The molecule has 0 unspecified atom stereocenters. The van der Waals surface area contributed by atoms with Crippen molar-refractivity contribution < 1.29 is 17.9 Å². The van der Waals surface area contributed by atoms with Gasteiger partial charge in [0.05, 0.1) is 22.7 Å². The fourth-order valence-electron chi connectivity index (χ4n) is 2.96. The maximum atomic E-state index is 13.4. The minimum atomic E-state index is -4.06. The summed E-state index contributed by atoms with van der Waals surface area (Å²) in [6, 6.07) is 16.0. The van der Waals surface area contributed by atoms with E-state index in [1.54, 1.807) is 36.4 Å². The van der Waals surface area contributed by atoms with Gasteiger partial charge < -0.3 is 10.1 Å². The van der Waals surface area contributed by atoms with Crippen molar-refractivity contribution >= 4 is 50.5 Å². The summed E-state index contributed by atoms with van der Waals surface area (Å²) in [5.74, 6) is -0.144. The lowest BCUT2D eigenvalue weighted by atomic mass is 10.2. The van der Waals surface area contributed by atoms with Gasteiger partial charge in [0.1, 0.15) is 12.3 Å². The predicted octanol–water partition coefficient (Wildman–Crippen LogP) is 5.45. The van der Waals surface area contributed by atoms with Gasteiger partial charge >= 0.3 is 0 Å². The largest absolute Gasteiger partial charge is 0.495 e. The van der Waals surface area contributed by atoms with Gasteiger partial charge in [-0.2, -0.15) is 0 Å². The highest BCUT2D eigenvalue weighted by atomic mass is 35.5. The van der Waals surface area contributed by atoms with Crippen molar-refractivity contribution in [3.05, 3.63) is 81.8 Å². The number of carbonyl (C=O) groups is 1. The molecule has 0 saturated carbocycles. The molecule has 32 heavy (non-hydrogen) atoms. The highest BCUT2D eigenvalue weighted by Crippen LogP contribution is 2.32. The number of nitrogens with zero attached hydrogens (tertiary/aromatic N) is 1. The van der Waals surface area contributed by atoms with Crippen molar-refractivity contribution in [1.82, 2.24) is 0 Å². The highest BCUT2D eigenvalue weighted by molar-refractivity contribution is 7.92. The summed E-state index contributed by atoms with van der Waals surface area (Å²) in [7, 11) is -2.60. The standard InChI is InChI=1S/C23H22Cl2N2O4S/c1-15-4-9-19(10-5-15)32(29,30)27(18-8-11-22(31-3)21(25)13-18)14-23(28)26-17-7-6-16(2)20(24)12-17/h4-13H,14H2,1-3H3,(H,26,28). The second kappa shape index (κ2) is 9.81. The average Bonchev–Trinajstić information content (AvgIpc) is 2.75. The molecule has 1 N–H and O–H groups in total. The van der Waals surface area contributed by atoms with E-state index in [0.717, 1.165) is 15.4 Å². The summed E-state index contributed by atoms with van der Waals surface area (Å²) in [6.07, 6.45) is 0. The second-order valence-corrected chi connectivity index (χ2v) is 9.83. The van der Waals surface area contributed by atoms with Gasteiger partial charge in [0.25, 0.3) is 10.0 Å². The number of aryl methyl sites for hydroxylation is 2. The van der Waals surface area contributed by atoms with Gasteiger partial charge in [-0.05, 0) is 61.9 Å². The van der Waals surface area contributed by atoms with Gasteiger partial charge in [0.15, 0.2) is 0 Å². The Morgan fingerprint density at radius 1 is 0.969 bits per heavy atom. The number of hydrogen-bond acceptors (Lipinski definition) is 4. The third-order valence-electron chi connectivity index (χ3n) is 4.78. The van der Waals surface area contributed by atoms with Crippen molar-refractivity contribution in [1.29, 1.82) is 0 Å². The molecule has 9 heteroatoms. The van der Waals surface area contributed by atoms with Crippen LogP contribution < -0.4 is 14.4 Å². The highest BCUT2D eigenvalue weighted by Gasteiger charge is 2.28. The molecular formula is C23H22Cl2N2O4S. The number of amides is 1. The third kappa shape index (κ3) is 5.35. The number of nitrogens with one attached hydrogen (secondary N) is 1. The smallest absolute Gasteiger partial charge is 0.264 e. The van der Waals surface area contributed by atoms with Gasteiger partial charge in [-0.15, -0.1) is 0 Å². The van der Waals surface area contributed by atoms with E-state index >= 15 is 0 Å². The maximum Gasteiger partial charge on any atom is 0.264 e. The van der Waals surface area contributed by atoms with Crippen molar-refractivity contribution in [2.24, 2.45) is 0 Å². The summed E-state index contributed by atoms with van der Waals surface area (Å²) < 4.78 is 33.1. The van der Waals surface area contributed by atoms with E-state index in [2.05, 4.69) is 5.32 Å². The zero-order valence-corrected chi connectivity index (χ0v) is 20.1. The first-order chi connectivity index (χ1) is 15.1. The number of rotatable bonds is 7. The predicted molar refractivity (Wildman–Crippen MR) is 129 cm³/mol. The molecular weight excluding hydrogens is 471 g/mol. The fourth-order valence-corrected chi connectivity index (χ4v) is 4.81. The Morgan fingerprint density at radius 3 is 2.25 bits per heavy atom. The fraction of sp³-hybridized carbons (Fsp3) is 0.174. The van der Waals surface area contributed by atoms with Gasteiger partial charge in [-0.25, -0.2) is 8.42 Å². The molecule has 6 nitrogen and oxygen atoms in total. The summed E-state index contributed by atoms with van der Waals surface area (Å²) >= 11 is 12.4. The number of anilines is 2. The van der Waals surface area contributed by atoms with Gasteiger partial charge in [0, 0.05) is 10.7 Å². The van der Waals surface area contributed by atoms with E-state index in [4.69, 9.17) is 27.9 Å². The van der Waals surface area contributed by atoms with Crippen LogP contribution in [0.5, 0.6) is 5.75 Å². The van der Waals surface area contributed by atoms with E-state index in [1.807, 2.05) is 13.8 Å². The molecule has 3 rings (SSSR count). The molecule has 0 atom stereocenters. The molecule has 3 aromatic carbocycles. The zero-order chi connectivity index (χ0) is 23.5. The number of halogens is 2. The molecule has 0 fully saturated rings. The Balaban J connectivity index is 1.98. The van der Waals surface area contributed by atoms with Crippen molar-refractivity contribution in [3.63, 3.8) is 0 Å². The third-order valence-corrected chi connectivity index (χ3v) is 7.27. The lowest BCUT2D eigenvalue weighted by Gasteiger charge is -2.24. The lowest BCUT2D eigenvalue weighted by Crippen LogP contribution is -2.38. The second-order valence-electron chi connectivity index (χ2n) is 7.16. The molecule has 0 spiro atoms. The number of methoxy groups -OCH3 is 1. The number of carbonyl (C=O) groups excluding carboxylic acids is 1. The molecule has 3 aromatic rings. The van der Waals surface area contributed by atoms with Gasteiger partial charge in [-0.3, -0.25) is 9.10 Å². The molecule has 0 aliphatic rings. The van der Waals surface area contributed by atoms with Crippen LogP contribution >= 0.6 is 23.2 Å². The number of sulfonamides is 1. The van der Waals surface area contributed by atoms with Crippen LogP contribution in [-0.4, -0.2) is 28.0 Å². The molecule has 168 valence electrons. The Bertz CT molecular complexity index is 1250. The minimum absolute atomic E-state index is 0.0567. The number of ether oxygens (including phenoxy) is 1. The van der Waals surface area contributed by atoms with E-state index < -0.39 is 22.5 Å². The van der Waals surface area contributed by atoms with Crippen LogP contribution in [0.25, 0.3) is 0 Å². The topological polar surface area (TPSA) is 75.7 Å². The van der Waals surface area contributed by atoms with Crippen LogP contribution in [0.2, 0.25) is 10.0 Å². The SMILES string of the molecule is COc1ccc(N(CC(=O)Nc2ccc(C)c(Cl)c2)S(=O)(=O)c2ccc(C)cc2)cc1Cl. The molecule has 1 amide bonds. The molecule has 0 aliphatic heterocycles. The molecule has 0 radical (unpaired) electrons. The van der Waals surface area contributed by atoms with E-state index in [0.29, 0.717) is 16.5 Å². The van der Waals surface area contributed by atoms with Crippen molar-refractivity contribution in [2.45, 2.75) is 18.7 Å². The van der Waals surface area contributed by atoms with Crippen LogP contribution in [0.4, 0.5) is 11.4 Å². The first-order valence-corrected chi connectivity index (χ1v) is 11.8. The summed E-state index contributed by atoms with van der Waals surface area (Å²) in [4.78, 5) is 12.9. The monoisotopic (exact) mass is 492 g/mol. The van der Waals surface area contributed by atoms with Gasteiger partial charge in [-0.1, -0.05) is 47.0 Å². The summed E-state index contributed by atoms with van der Waals surface area (Å²) in [6.45, 7) is 3.24. The Morgan fingerprint density at radius 2 is 1.66 bits per heavy atom. The maximum absolute atomic E-state index is 13.4. The molecule has 0 saturated heterocycles. The lowest BCUT2D eigenvalue weighted by molar-refractivity contribution is -0.114. The first-order valence-electron chi connectivity index (χ1n) is 9.61. The summed E-state index contributed by atoms with van der Waals surface area (Å²) in [5.41, 5.74) is 2.47. The van der Waals surface area contributed by atoms with Crippen LogP contribution in [0.1, 0.15) is 11.1 Å². The van der Waals surface area contributed by atoms with Crippen LogP contribution in [0.15, 0.2) is 65.6 Å². The quantitative estimate of drug-likeness (QED) is 0.475. The summed E-state index contributed by atoms with van der Waals surface area (Å²) in [5, 5.41) is 3.41. The Kier molecular flexibility index (Phi) is 7.33. The normalized spacial score (nSPS) is 11.2. The first kappa shape index (κ1) is 23.9. The molecule has 0 heterocycles. The Hall–Kier alpha value is -2.74. The van der Waals surface area contributed by atoms with Gasteiger partial charge in [0.2, 0.25) is 5.91 Å². The molecule has 0 aliphatic carbocycles. The minimum Gasteiger partial charge on any atom is -0.495 e. The van der Waals surface area contributed by atoms with Crippen molar-refractivity contribution in [3.8, 4) is 5.75 Å². The van der Waals surface area contributed by atoms with E-state index in [9.17, 15) is 13.2 Å². The number of benzene rings is 3. The van der Waals surface area contributed by atoms with E-state index in [1.165, 1.54) is 31.4 Å². The van der Waals surface area contributed by atoms with Crippen LogP contribution in [0.3, 0.4) is 0 Å². The average molecular weight is 493 g/mol. The molecule has 0 aromatic heterocycles. The number of hydrogen-bond donors (Lipinski definition) is 1.